The first-order chi connectivity index (χ1) is 9.81. The zero-order valence-corrected chi connectivity index (χ0v) is 14.0. The average molecular weight is 343 g/mol. The monoisotopic (exact) mass is 342 g/mol. The van der Waals surface area contributed by atoms with Crippen LogP contribution in [0.4, 0.5) is 5.82 Å². The molecule has 3 N–H and O–H groups in total. The maximum Gasteiger partial charge on any atom is 0.204 e. The number of halogens is 2. The highest BCUT2D eigenvalue weighted by atomic mass is 35.5. The fourth-order valence-electron chi connectivity index (χ4n) is 2.32. The zero-order chi connectivity index (χ0) is 13.9. The van der Waals surface area contributed by atoms with Gasteiger partial charge in [0, 0.05) is 6.54 Å². The fourth-order valence-corrected chi connectivity index (χ4v) is 2.32. The van der Waals surface area contributed by atoms with Crippen molar-refractivity contribution in [2.45, 2.75) is 19.8 Å². The van der Waals surface area contributed by atoms with E-state index in [9.17, 15) is 0 Å². The van der Waals surface area contributed by atoms with E-state index in [1.54, 1.807) is 0 Å². The Morgan fingerprint density at radius 1 is 1.14 bits per heavy atom. The molecule has 6 nitrogen and oxygen atoms in total. The molecule has 0 saturated carbocycles. The average Bonchev–Trinajstić information content (AvgIpc) is 2.86. The van der Waals surface area contributed by atoms with Crippen molar-refractivity contribution in [3.05, 3.63) is 30.1 Å². The molecule has 0 atom stereocenters. The summed E-state index contributed by atoms with van der Waals surface area (Å²) >= 11 is 0. The van der Waals surface area contributed by atoms with Crippen LogP contribution in [0.25, 0.3) is 16.7 Å². The van der Waals surface area contributed by atoms with Gasteiger partial charge in [0.15, 0.2) is 5.82 Å². The second-order valence-corrected chi connectivity index (χ2v) is 4.78. The molecule has 3 aromatic rings. The Morgan fingerprint density at radius 3 is 2.68 bits per heavy atom. The zero-order valence-electron chi connectivity index (χ0n) is 12.3. The normalized spacial score (nSPS) is 10.3. The molecule has 0 fully saturated rings. The van der Waals surface area contributed by atoms with Crippen LogP contribution in [-0.2, 0) is 0 Å². The quantitative estimate of drug-likeness (QED) is 0.696. The number of benzene rings is 1. The van der Waals surface area contributed by atoms with Crippen molar-refractivity contribution in [3.8, 4) is 0 Å². The summed E-state index contributed by atoms with van der Waals surface area (Å²) in [6.45, 7) is 3.50. The first kappa shape index (κ1) is 18.4. The Hall–Kier alpha value is -1.63. The number of nitrogens with zero attached hydrogens (tertiary/aromatic N) is 4. The molecule has 3 rings (SSSR count). The van der Waals surface area contributed by atoms with Crippen molar-refractivity contribution >= 4 is 47.3 Å². The van der Waals surface area contributed by atoms with Crippen LogP contribution in [0.3, 0.4) is 0 Å². The number of aryl methyl sites for hydroxylation is 1. The number of aromatic nitrogens is 4. The molecule has 0 spiro atoms. The molecule has 22 heavy (non-hydrogen) atoms. The van der Waals surface area contributed by atoms with E-state index in [1.165, 1.54) is 0 Å². The fraction of sp³-hybridized carbons (Fsp3) is 0.357. The molecular weight excluding hydrogens is 323 g/mol. The van der Waals surface area contributed by atoms with E-state index in [0.29, 0.717) is 6.54 Å². The Balaban J connectivity index is 0.00000121. The smallest absolute Gasteiger partial charge is 0.204 e. The Bertz CT molecular complexity index is 743. The number of fused-ring (bicyclic) bond motifs is 3. The van der Waals surface area contributed by atoms with Crippen molar-refractivity contribution < 1.29 is 0 Å². The highest BCUT2D eigenvalue weighted by molar-refractivity contribution is 5.85. The topological polar surface area (TPSA) is 81.1 Å². The summed E-state index contributed by atoms with van der Waals surface area (Å²) in [7, 11) is 0. The third-order valence-electron chi connectivity index (χ3n) is 3.31. The van der Waals surface area contributed by atoms with E-state index >= 15 is 0 Å². The molecule has 0 saturated heterocycles. The largest absolute Gasteiger partial charge is 0.367 e. The molecule has 2 aromatic heterocycles. The summed E-state index contributed by atoms with van der Waals surface area (Å²) in [5, 5.41) is 11.7. The highest BCUT2D eigenvalue weighted by Crippen LogP contribution is 2.21. The van der Waals surface area contributed by atoms with Crippen LogP contribution in [0.2, 0.25) is 0 Å². The molecule has 0 amide bonds. The summed E-state index contributed by atoms with van der Waals surface area (Å²) in [4.78, 5) is 4.65. The lowest BCUT2D eigenvalue weighted by atomic mass is 10.3. The molecule has 0 radical (unpaired) electrons. The lowest BCUT2D eigenvalue weighted by molar-refractivity contribution is 0.772. The van der Waals surface area contributed by atoms with Crippen LogP contribution < -0.4 is 11.1 Å². The SMILES string of the molecule is Cc1nnc2c(NCCCCN)nc3ccccc3n12.Cl.Cl. The van der Waals surface area contributed by atoms with Crippen molar-refractivity contribution in [1.82, 2.24) is 19.6 Å². The van der Waals surface area contributed by atoms with Gasteiger partial charge in [0.05, 0.1) is 11.0 Å². The van der Waals surface area contributed by atoms with E-state index in [1.807, 2.05) is 35.6 Å². The van der Waals surface area contributed by atoms with E-state index in [-0.39, 0.29) is 24.8 Å². The number of anilines is 1. The van der Waals surface area contributed by atoms with Gasteiger partial charge in [-0.1, -0.05) is 12.1 Å². The van der Waals surface area contributed by atoms with E-state index < -0.39 is 0 Å². The summed E-state index contributed by atoms with van der Waals surface area (Å²) in [6.07, 6.45) is 2.02. The number of para-hydroxylation sites is 2. The van der Waals surface area contributed by atoms with Gasteiger partial charge in [0.25, 0.3) is 0 Å². The molecule has 2 heterocycles. The number of hydrogen-bond acceptors (Lipinski definition) is 5. The van der Waals surface area contributed by atoms with Crippen LogP contribution in [0.15, 0.2) is 24.3 Å². The minimum atomic E-state index is 0. The molecule has 0 bridgehead atoms. The lowest BCUT2D eigenvalue weighted by Crippen LogP contribution is -2.08. The maximum atomic E-state index is 5.51. The first-order valence-corrected chi connectivity index (χ1v) is 6.85. The number of nitrogens with two attached hydrogens (primary N) is 1. The van der Waals surface area contributed by atoms with Crippen LogP contribution in [0.1, 0.15) is 18.7 Å². The van der Waals surface area contributed by atoms with Gasteiger partial charge in [-0.25, -0.2) is 4.98 Å². The number of rotatable bonds is 5. The van der Waals surface area contributed by atoms with Crippen LogP contribution >= 0.6 is 24.8 Å². The van der Waals surface area contributed by atoms with Gasteiger partial charge in [0.2, 0.25) is 5.65 Å². The Morgan fingerprint density at radius 2 is 1.91 bits per heavy atom. The second-order valence-electron chi connectivity index (χ2n) is 4.78. The van der Waals surface area contributed by atoms with Gasteiger partial charge in [-0.15, -0.1) is 35.0 Å². The van der Waals surface area contributed by atoms with Gasteiger partial charge < -0.3 is 11.1 Å². The van der Waals surface area contributed by atoms with Gasteiger partial charge in [-0.2, -0.15) is 0 Å². The summed E-state index contributed by atoms with van der Waals surface area (Å²) < 4.78 is 2.04. The van der Waals surface area contributed by atoms with Crippen molar-refractivity contribution in [3.63, 3.8) is 0 Å². The Kier molecular flexibility index (Phi) is 6.80. The van der Waals surface area contributed by atoms with Crippen molar-refractivity contribution in [1.29, 1.82) is 0 Å². The molecule has 1 aromatic carbocycles. The number of hydrogen-bond donors (Lipinski definition) is 2. The number of unbranched alkanes of at least 4 members (excludes halogenated alkanes) is 1. The molecule has 0 unspecified atom stereocenters. The van der Waals surface area contributed by atoms with Crippen molar-refractivity contribution in [2.24, 2.45) is 5.73 Å². The third-order valence-corrected chi connectivity index (χ3v) is 3.31. The van der Waals surface area contributed by atoms with Crippen LogP contribution in [-0.4, -0.2) is 32.7 Å². The van der Waals surface area contributed by atoms with Gasteiger partial charge >= 0.3 is 0 Å². The first-order valence-electron chi connectivity index (χ1n) is 6.85. The minimum absolute atomic E-state index is 0. The Labute approximate surface area is 141 Å². The number of nitrogens with one attached hydrogen (secondary N) is 1. The predicted octanol–water partition coefficient (Wildman–Crippen LogP) is 2.58. The van der Waals surface area contributed by atoms with Gasteiger partial charge in [0.1, 0.15) is 5.82 Å². The maximum absolute atomic E-state index is 5.51. The molecular formula is C14H20Cl2N6. The van der Waals surface area contributed by atoms with Gasteiger partial charge in [-0.05, 0) is 38.4 Å². The van der Waals surface area contributed by atoms with Crippen molar-refractivity contribution in [2.75, 3.05) is 18.4 Å². The lowest BCUT2D eigenvalue weighted by Gasteiger charge is -2.09. The van der Waals surface area contributed by atoms with Gasteiger partial charge in [-0.3, -0.25) is 4.40 Å². The molecule has 0 aliphatic rings. The molecule has 120 valence electrons. The molecule has 0 aliphatic carbocycles. The van der Waals surface area contributed by atoms with E-state index in [4.69, 9.17) is 5.73 Å². The second kappa shape index (κ2) is 8.12. The highest BCUT2D eigenvalue weighted by Gasteiger charge is 2.11. The minimum Gasteiger partial charge on any atom is -0.367 e. The summed E-state index contributed by atoms with van der Waals surface area (Å²) in [5.74, 6) is 1.64. The van der Waals surface area contributed by atoms with E-state index in [0.717, 1.165) is 47.7 Å². The summed E-state index contributed by atoms with van der Waals surface area (Å²) in [5.41, 5.74) is 8.24. The molecule has 8 heteroatoms. The standard InChI is InChI=1S/C14H18N6.2ClH/c1-10-18-19-14-13(16-9-5-4-8-15)17-11-6-2-3-7-12(11)20(10)14;;/h2-3,6-7H,4-5,8-9,15H2,1H3,(H,16,17);2*1H. The van der Waals surface area contributed by atoms with E-state index in [2.05, 4.69) is 20.5 Å². The van der Waals surface area contributed by atoms with Crippen LogP contribution in [0, 0.1) is 6.92 Å². The van der Waals surface area contributed by atoms with Crippen LogP contribution in [0.5, 0.6) is 0 Å². The molecule has 0 aliphatic heterocycles. The predicted molar refractivity (Wildman–Crippen MR) is 94.3 cm³/mol. The third kappa shape index (κ3) is 3.40. The summed E-state index contributed by atoms with van der Waals surface area (Å²) in [6, 6.07) is 8.01.